The molecule has 9 heteroatoms. The minimum atomic E-state index is -0.660. The van der Waals surface area contributed by atoms with Crippen LogP contribution < -0.4 is 5.32 Å². The Morgan fingerprint density at radius 3 is 2.82 bits per heavy atom. The van der Waals surface area contributed by atoms with E-state index in [1.807, 2.05) is 0 Å². The second-order valence-corrected chi connectivity index (χ2v) is 4.65. The van der Waals surface area contributed by atoms with Crippen LogP contribution >= 0.6 is 0 Å². The number of carbonyl (C=O) groups excluding carboxylic acids is 2. The number of hydrogen-bond acceptors (Lipinski definition) is 6. The van der Waals surface area contributed by atoms with Gasteiger partial charge in [0.05, 0.1) is 24.8 Å². The van der Waals surface area contributed by atoms with Gasteiger partial charge in [0.1, 0.15) is 6.79 Å². The molecular formula is C13H20N4O5. The van der Waals surface area contributed by atoms with Gasteiger partial charge in [-0.2, -0.15) is 0 Å². The van der Waals surface area contributed by atoms with Crippen molar-refractivity contribution in [2.75, 3.05) is 20.5 Å². The van der Waals surface area contributed by atoms with Crippen LogP contribution in [0.15, 0.2) is 16.8 Å². The average molecular weight is 312 g/mol. The molecule has 0 aromatic rings. The predicted molar refractivity (Wildman–Crippen MR) is 76.6 cm³/mol. The lowest BCUT2D eigenvalue weighted by molar-refractivity contribution is -0.139. The van der Waals surface area contributed by atoms with Crippen LogP contribution in [0.5, 0.6) is 0 Å². The lowest BCUT2D eigenvalue weighted by Gasteiger charge is -2.34. The molecule has 0 saturated heterocycles. The molecule has 1 aliphatic carbocycles. The monoisotopic (exact) mass is 312 g/mol. The highest BCUT2D eigenvalue weighted by molar-refractivity contribution is 5.89. The maximum absolute atomic E-state index is 11.9. The van der Waals surface area contributed by atoms with Crippen LogP contribution in [0.1, 0.15) is 20.3 Å². The van der Waals surface area contributed by atoms with E-state index in [0.717, 1.165) is 0 Å². The summed E-state index contributed by atoms with van der Waals surface area (Å²) in [5.74, 6) is -0.782. The first-order valence-corrected chi connectivity index (χ1v) is 6.83. The van der Waals surface area contributed by atoms with E-state index in [-0.39, 0.29) is 25.7 Å². The minimum Gasteiger partial charge on any atom is -0.463 e. The smallest absolute Gasteiger partial charge is 0.333 e. The van der Waals surface area contributed by atoms with Crippen molar-refractivity contribution in [1.82, 2.24) is 5.32 Å². The quantitative estimate of drug-likeness (QED) is 0.247. The third-order valence-corrected chi connectivity index (χ3v) is 3.05. The third kappa shape index (κ3) is 5.03. The molecule has 0 heterocycles. The number of rotatable bonds is 7. The third-order valence-electron chi connectivity index (χ3n) is 3.05. The molecule has 1 amide bonds. The Balaban J connectivity index is 3.07. The van der Waals surface area contributed by atoms with Gasteiger partial charge in [-0.25, -0.2) is 4.79 Å². The molecule has 0 spiro atoms. The van der Waals surface area contributed by atoms with Crippen LogP contribution in [-0.4, -0.2) is 50.6 Å². The fourth-order valence-electron chi connectivity index (χ4n) is 2.21. The topological polar surface area (TPSA) is 123 Å². The van der Waals surface area contributed by atoms with E-state index < -0.39 is 24.2 Å². The van der Waals surface area contributed by atoms with Gasteiger partial charge in [0, 0.05) is 24.5 Å². The van der Waals surface area contributed by atoms with Crippen molar-refractivity contribution in [2.45, 2.75) is 38.5 Å². The zero-order valence-electron chi connectivity index (χ0n) is 12.8. The maximum atomic E-state index is 11.9. The van der Waals surface area contributed by atoms with Crippen LogP contribution in [0, 0.1) is 0 Å². The van der Waals surface area contributed by atoms with E-state index in [1.54, 1.807) is 13.0 Å². The van der Waals surface area contributed by atoms with E-state index in [2.05, 4.69) is 15.3 Å². The molecule has 1 aliphatic rings. The van der Waals surface area contributed by atoms with Crippen LogP contribution in [0.2, 0.25) is 0 Å². The highest BCUT2D eigenvalue weighted by Gasteiger charge is 2.36. The van der Waals surface area contributed by atoms with E-state index in [9.17, 15) is 9.59 Å². The Hall–Kier alpha value is -2.09. The van der Waals surface area contributed by atoms with Crippen LogP contribution in [0.25, 0.3) is 10.4 Å². The molecule has 0 bridgehead atoms. The van der Waals surface area contributed by atoms with Crippen molar-refractivity contribution in [2.24, 2.45) is 5.11 Å². The fraction of sp³-hybridized carbons (Fsp3) is 0.692. The van der Waals surface area contributed by atoms with Gasteiger partial charge >= 0.3 is 5.97 Å². The summed E-state index contributed by atoms with van der Waals surface area (Å²) in [4.78, 5) is 26.0. The Kier molecular flexibility index (Phi) is 7.38. The summed E-state index contributed by atoms with van der Waals surface area (Å²) in [5.41, 5.74) is 9.05. The molecule has 0 aromatic heterocycles. The number of amides is 1. The fourth-order valence-corrected chi connectivity index (χ4v) is 2.21. The minimum absolute atomic E-state index is 0.0314. The number of carbonyl (C=O) groups is 2. The van der Waals surface area contributed by atoms with E-state index in [0.29, 0.717) is 5.57 Å². The summed E-state index contributed by atoms with van der Waals surface area (Å²) in [6, 6.07) is -1.23. The molecule has 0 unspecified atom stereocenters. The molecule has 122 valence electrons. The lowest BCUT2D eigenvalue weighted by Crippen LogP contribution is -2.52. The average Bonchev–Trinajstić information content (AvgIpc) is 2.47. The standard InChI is InChI=1S/C13H20N4O5/c1-4-21-13(19)9-5-10(16-17-14)12(15-8(2)18)11(6-9)22-7-20-3/h6,10-12H,4-5,7H2,1-3H3,(H,15,18)/t10-,11+,12+/m0/s1. The van der Waals surface area contributed by atoms with Crippen molar-refractivity contribution < 1.29 is 23.8 Å². The van der Waals surface area contributed by atoms with Gasteiger partial charge in [0.2, 0.25) is 5.91 Å². The summed E-state index contributed by atoms with van der Waals surface area (Å²) in [5, 5.41) is 6.35. The lowest BCUT2D eigenvalue weighted by atomic mass is 9.88. The van der Waals surface area contributed by atoms with Gasteiger partial charge < -0.3 is 19.5 Å². The van der Waals surface area contributed by atoms with Gasteiger partial charge in [-0.1, -0.05) is 5.11 Å². The zero-order valence-corrected chi connectivity index (χ0v) is 12.8. The largest absolute Gasteiger partial charge is 0.463 e. The molecule has 0 saturated carbocycles. The molecule has 3 atom stereocenters. The molecule has 0 fully saturated rings. The highest BCUT2D eigenvalue weighted by Crippen LogP contribution is 2.25. The van der Waals surface area contributed by atoms with Gasteiger partial charge in [-0.15, -0.1) is 0 Å². The van der Waals surface area contributed by atoms with E-state index in [4.69, 9.17) is 19.7 Å². The molecule has 9 nitrogen and oxygen atoms in total. The Labute approximate surface area is 128 Å². The molecule has 0 aromatic carbocycles. The van der Waals surface area contributed by atoms with Crippen molar-refractivity contribution in [1.29, 1.82) is 0 Å². The Morgan fingerprint density at radius 2 is 2.27 bits per heavy atom. The van der Waals surface area contributed by atoms with Crippen molar-refractivity contribution in [3.63, 3.8) is 0 Å². The SMILES string of the molecule is CCOC(=O)C1=C[C@@H](OCOC)[C@H](NC(C)=O)[C@@H](N=[N+]=[N-])C1. The van der Waals surface area contributed by atoms with Crippen molar-refractivity contribution in [3.05, 3.63) is 22.1 Å². The summed E-state index contributed by atoms with van der Waals surface area (Å²) >= 11 is 0. The first-order chi connectivity index (χ1) is 10.5. The number of esters is 1. The molecule has 0 radical (unpaired) electrons. The number of hydrogen-bond donors (Lipinski definition) is 1. The van der Waals surface area contributed by atoms with Crippen molar-refractivity contribution >= 4 is 11.9 Å². The van der Waals surface area contributed by atoms with Crippen LogP contribution in [-0.2, 0) is 23.8 Å². The molecule has 0 aliphatic heterocycles. The number of azide groups is 1. The molecular weight excluding hydrogens is 292 g/mol. The Bertz CT molecular complexity index is 487. The van der Waals surface area contributed by atoms with Crippen LogP contribution in [0.3, 0.4) is 0 Å². The predicted octanol–water partition coefficient (Wildman–Crippen LogP) is 1.05. The second kappa shape index (κ2) is 9.04. The van der Waals surface area contributed by atoms with Gasteiger partial charge in [-0.05, 0) is 25.0 Å². The van der Waals surface area contributed by atoms with E-state index in [1.165, 1.54) is 14.0 Å². The molecule has 1 N–H and O–H groups in total. The summed E-state index contributed by atoms with van der Waals surface area (Å²) in [6.07, 6.45) is 1.08. The number of nitrogens with zero attached hydrogens (tertiary/aromatic N) is 3. The number of nitrogens with one attached hydrogen (secondary N) is 1. The van der Waals surface area contributed by atoms with Crippen LogP contribution in [0.4, 0.5) is 0 Å². The maximum Gasteiger partial charge on any atom is 0.333 e. The van der Waals surface area contributed by atoms with Gasteiger partial charge in [0.25, 0.3) is 0 Å². The number of methoxy groups -OCH3 is 1. The first-order valence-electron chi connectivity index (χ1n) is 6.83. The zero-order chi connectivity index (χ0) is 16.5. The highest BCUT2D eigenvalue weighted by atomic mass is 16.7. The normalized spacial score (nSPS) is 24.0. The summed E-state index contributed by atoms with van der Waals surface area (Å²) in [6.45, 7) is 3.26. The van der Waals surface area contributed by atoms with Crippen molar-refractivity contribution in [3.8, 4) is 0 Å². The van der Waals surface area contributed by atoms with E-state index >= 15 is 0 Å². The number of ether oxygens (including phenoxy) is 3. The second-order valence-electron chi connectivity index (χ2n) is 4.65. The molecule has 22 heavy (non-hydrogen) atoms. The van der Waals surface area contributed by atoms with Gasteiger partial charge in [-0.3, -0.25) is 4.79 Å². The first kappa shape index (κ1) is 18.0. The Morgan fingerprint density at radius 1 is 1.55 bits per heavy atom. The summed E-state index contributed by atoms with van der Waals surface area (Å²) < 4.78 is 15.3. The van der Waals surface area contributed by atoms with Gasteiger partial charge in [0.15, 0.2) is 0 Å². The summed E-state index contributed by atoms with van der Waals surface area (Å²) in [7, 11) is 1.46. The molecule has 1 rings (SSSR count).